The van der Waals surface area contributed by atoms with Gasteiger partial charge >= 0.3 is 0 Å². The first-order valence-electron chi connectivity index (χ1n) is 7.09. The highest BCUT2D eigenvalue weighted by Crippen LogP contribution is 2.03. The van der Waals surface area contributed by atoms with Crippen LogP contribution in [0.1, 0.15) is 38.8 Å². The molecule has 0 aliphatic rings. The third kappa shape index (κ3) is 7.74. The Kier molecular flexibility index (Phi) is 8.93. The minimum atomic E-state index is 0.520. The molecule has 0 radical (unpaired) electrons. The molecular formula is C14H25N3O2. The molecule has 0 atom stereocenters. The zero-order chi connectivity index (χ0) is 13.8. The Bertz CT molecular complexity index is 317. The number of nitrogens with zero attached hydrogens (tertiary/aromatic N) is 2. The summed E-state index contributed by atoms with van der Waals surface area (Å²) in [7, 11) is 0. The number of unbranched alkanes of at least 4 members (excludes halogenated alkanes) is 1. The summed E-state index contributed by atoms with van der Waals surface area (Å²) in [6, 6.07) is 0. The molecule has 0 aromatic carbocycles. The fourth-order valence-corrected chi connectivity index (χ4v) is 1.46. The van der Waals surface area contributed by atoms with E-state index in [9.17, 15) is 0 Å². The lowest BCUT2D eigenvalue weighted by Gasteiger charge is -2.06. The summed E-state index contributed by atoms with van der Waals surface area (Å²) in [6.07, 6.45) is 6.77. The maximum Gasteiger partial charge on any atom is 0.232 e. The normalized spacial score (nSPS) is 10.6. The van der Waals surface area contributed by atoms with Crippen molar-refractivity contribution in [3.8, 4) is 5.88 Å². The van der Waals surface area contributed by atoms with E-state index < -0.39 is 0 Å². The van der Waals surface area contributed by atoms with Crippen LogP contribution in [0.2, 0.25) is 0 Å². The molecule has 0 amide bonds. The Balaban J connectivity index is 2.13. The molecule has 0 saturated carbocycles. The van der Waals surface area contributed by atoms with E-state index in [-0.39, 0.29) is 0 Å². The van der Waals surface area contributed by atoms with Gasteiger partial charge in [-0.1, -0.05) is 20.3 Å². The van der Waals surface area contributed by atoms with E-state index in [1.807, 2.05) is 0 Å². The molecule has 1 aromatic rings. The molecule has 19 heavy (non-hydrogen) atoms. The first-order valence-corrected chi connectivity index (χ1v) is 7.09. The lowest BCUT2D eigenvalue weighted by molar-refractivity contribution is 0.0963. The third-order valence-corrected chi connectivity index (χ3v) is 2.53. The van der Waals surface area contributed by atoms with Gasteiger partial charge in [-0.3, -0.25) is 4.98 Å². The van der Waals surface area contributed by atoms with Crippen molar-refractivity contribution in [3.05, 3.63) is 18.1 Å². The Morgan fingerprint density at radius 1 is 1.05 bits per heavy atom. The van der Waals surface area contributed by atoms with Gasteiger partial charge in [0.25, 0.3) is 0 Å². The summed E-state index contributed by atoms with van der Waals surface area (Å²) >= 11 is 0. The molecule has 0 aliphatic heterocycles. The van der Waals surface area contributed by atoms with Crippen LogP contribution in [-0.4, -0.2) is 36.3 Å². The van der Waals surface area contributed by atoms with Crippen LogP contribution in [0.5, 0.6) is 5.88 Å². The van der Waals surface area contributed by atoms with Crippen molar-refractivity contribution in [3.63, 3.8) is 0 Å². The van der Waals surface area contributed by atoms with E-state index in [1.165, 1.54) is 0 Å². The van der Waals surface area contributed by atoms with Crippen LogP contribution in [0.3, 0.4) is 0 Å². The summed E-state index contributed by atoms with van der Waals surface area (Å²) in [5.41, 5.74) is 0.931. The molecular weight excluding hydrogens is 242 g/mol. The van der Waals surface area contributed by atoms with Gasteiger partial charge in [-0.2, -0.15) is 0 Å². The smallest absolute Gasteiger partial charge is 0.232 e. The number of rotatable bonds is 11. The molecule has 0 unspecified atom stereocenters. The third-order valence-electron chi connectivity index (χ3n) is 2.53. The summed E-state index contributed by atoms with van der Waals surface area (Å²) < 4.78 is 10.8. The Morgan fingerprint density at radius 3 is 2.63 bits per heavy atom. The van der Waals surface area contributed by atoms with Crippen molar-refractivity contribution in [2.45, 2.75) is 39.7 Å². The van der Waals surface area contributed by atoms with Gasteiger partial charge < -0.3 is 14.8 Å². The summed E-state index contributed by atoms with van der Waals surface area (Å²) in [5, 5.41) is 3.28. The SMILES string of the molecule is CCCCOCCOc1cnc(CNCCC)cn1. The average Bonchev–Trinajstić information content (AvgIpc) is 2.44. The molecule has 1 aromatic heterocycles. The molecule has 108 valence electrons. The van der Waals surface area contributed by atoms with Crippen molar-refractivity contribution in [1.29, 1.82) is 0 Å². The standard InChI is InChI=1S/C14H25N3O2/c1-3-5-7-18-8-9-19-14-12-16-13(11-17-14)10-15-6-4-2/h11-12,15H,3-10H2,1-2H3. The topological polar surface area (TPSA) is 56.3 Å². The predicted molar refractivity (Wildman–Crippen MR) is 75.3 cm³/mol. The zero-order valence-electron chi connectivity index (χ0n) is 12.0. The van der Waals surface area contributed by atoms with Crippen molar-refractivity contribution in [1.82, 2.24) is 15.3 Å². The Morgan fingerprint density at radius 2 is 1.95 bits per heavy atom. The van der Waals surface area contributed by atoms with Crippen molar-refractivity contribution >= 4 is 0 Å². The minimum Gasteiger partial charge on any atom is -0.474 e. The van der Waals surface area contributed by atoms with E-state index in [0.717, 1.165) is 44.7 Å². The van der Waals surface area contributed by atoms with E-state index in [0.29, 0.717) is 19.1 Å². The number of nitrogens with one attached hydrogen (secondary N) is 1. The van der Waals surface area contributed by atoms with Crippen LogP contribution < -0.4 is 10.1 Å². The van der Waals surface area contributed by atoms with Gasteiger partial charge in [0.2, 0.25) is 5.88 Å². The first kappa shape index (κ1) is 15.9. The Labute approximate surface area is 115 Å². The molecule has 0 saturated heterocycles. The lowest BCUT2D eigenvalue weighted by Crippen LogP contribution is -2.15. The highest BCUT2D eigenvalue weighted by molar-refractivity contribution is 5.07. The summed E-state index contributed by atoms with van der Waals surface area (Å²) in [6.45, 7) is 7.95. The molecule has 1 N–H and O–H groups in total. The molecule has 5 heteroatoms. The van der Waals surface area contributed by atoms with Crippen LogP contribution in [0.4, 0.5) is 0 Å². The molecule has 0 spiro atoms. The maximum absolute atomic E-state index is 5.45. The van der Waals surface area contributed by atoms with E-state index in [4.69, 9.17) is 9.47 Å². The molecule has 0 aliphatic carbocycles. The molecule has 0 fully saturated rings. The number of hydrogen-bond donors (Lipinski definition) is 1. The average molecular weight is 267 g/mol. The van der Waals surface area contributed by atoms with Gasteiger partial charge in [-0.25, -0.2) is 4.98 Å². The van der Waals surface area contributed by atoms with E-state index >= 15 is 0 Å². The van der Waals surface area contributed by atoms with Crippen LogP contribution in [-0.2, 0) is 11.3 Å². The van der Waals surface area contributed by atoms with Gasteiger partial charge in [0.15, 0.2) is 0 Å². The van der Waals surface area contributed by atoms with Gasteiger partial charge in [0.1, 0.15) is 6.61 Å². The van der Waals surface area contributed by atoms with Crippen LogP contribution in [0.15, 0.2) is 12.4 Å². The summed E-state index contributed by atoms with van der Waals surface area (Å²) in [5.74, 6) is 0.554. The second kappa shape index (κ2) is 10.7. The van der Waals surface area contributed by atoms with Crippen molar-refractivity contribution in [2.24, 2.45) is 0 Å². The van der Waals surface area contributed by atoms with Crippen molar-refractivity contribution in [2.75, 3.05) is 26.4 Å². The predicted octanol–water partition coefficient (Wildman–Crippen LogP) is 2.17. The largest absolute Gasteiger partial charge is 0.474 e. The van der Waals surface area contributed by atoms with Crippen LogP contribution in [0.25, 0.3) is 0 Å². The first-order chi connectivity index (χ1) is 9.36. The highest BCUT2D eigenvalue weighted by atomic mass is 16.5. The van der Waals surface area contributed by atoms with Crippen LogP contribution >= 0.6 is 0 Å². The second-order valence-corrected chi connectivity index (χ2v) is 4.34. The monoisotopic (exact) mass is 267 g/mol. The van der Waals surface area contributed by atoms with E-state index in [1.54, 1.807) is 12.4 Å². The number of hydrogen-bond acceptors (Lipinski definition) is 5. The number of aromatic nitrogens is 2. The molecule has 1 heterocycles. The Hall–Kier alpha value is -1.20. The quantitative estimate of drug-likeness (QED) is 0.623. The van der Waals surface area contributed by atoms with Crippen molar-refractivity contribution < 1.29 is 9.47 Å². The van der Waals surface area contributed by atoms with E-state index in [2.05, 4.69) is 29.1 Å². The zero-order valence-corrected chi connectivity index (χ0v) is 12.0. The molecule has 1 rings (SSSR count). The van der Waals surface area contributed by atoms with Gasteiger partial charge in [-0.15, -0.1) is 0 Å². The number of ether oxygens (including phenoxy) is 2. The molecule has 0 bridgehead atoms. The maximum atomic E-state index is 5.45. The van der Waals surface area contributed by atoms with Gasteiger partial charge in [0.05, 0.1) is 24.7 Å². The van der Waals surface area contributed by atoms with Crippen LogP contribution in [0, 0.1) is 0 Å². The fraction of sp³-hybridized carbons (Fsp3) is 0.714. The minimum absolute atomic E-state index is 0.520. The highest BCUT2D eigenvalue weighted by Gasteiger charge is 1.98. The van der Waals surface area contributed by atoms with Gasteiger partial charge in [-0.05, 0) is 19.4 Å². The van der Waals surface area contributed by atoms with Gasteiger partial charge in [0, 0.05) is 13.2 Å². The summed E-state index contributed by atoms with van der Waals surface area (Å²) in [4.78, 5) is 8.50. The fourth-order valence-electron chi connectivity index (χ4n) is 1.46. The molecule has 5 nitrogen and oxygen atoms in total. The lowest BCUT2D eigenvalue weighted by atomic mass is 10.4. The second-order valence-electron chi connectivity index (χ2n) is 4.34.